The molecule has 0 aromatic heterocycles. The van der Waals surface area contributed by atoms with Crippen molar-refractivity contribution in [1.29, 1.82) is 0 Å². The molecule has 0 heterocycles. The smallest absolute Gasteiger partial charge is 0.305 e. The second-order valence-electron chi connectivity index (χ2n) is 5.31. The lowest BCUT2D eigenvalue weighted by Crippen LogP contribution is -2.37. The van der Waals surface area contributed by atoms with E-state index < -0.39 is 0 Å². The standard InChI is InChI=1S/C18H29N3O2/c1-3-23-17(22)13-9-4-5-10-14-20-18(19-2)21-15-16-11-7-6-8-12-16/h6-8,11-12H,3-5,9-10,13-15H2,1-2H3,(H2,19,20,21). The Kier molecular flexibility index (Phi) is 10.3. The fourth-order valence-electron chi connectivity index (χ4n) is 2.19. The topological polar surface area (TPSA) is 62.7 Å². The first-order valence-electron chi connectivity index (χ1n) is 8.40. The Balaban J connectivity index is 2.04. The van der Waals surface area contributed by atoms with Gasteiger partial charge >= 0.3 is 5.97 Å². The van der Waals surface area contributed by atoms with Crippen LogP contribution in [0.4, 0.5) is 0 Å². The summed E-state index contributed by atoms with van der Waals surface area (Å²) in [5.41, 5.74) is 1.23. The summed E-state index contributed by atoms with van der Waals surface area (Å²) in [6.07, 6.45) is 4.65. The van der Waals surface area contributed by atoms with Gasteiger partial charge in [0.2, 0.25) is 0 Å². The Bertz CT molecular complexity index is 461. The predicted molar refractivity (Wildman–Crippen MR) is 94.4 cm³/mol. The van der Waals surface area contributed by atoms with Crippen LogP contribution in [0, 0.1) is 0 Å². The molecule has 0 saturated heterocycles. The SMILES string of the molecule is CCOC(=O)CCCCCCNC(=NC)NCc1ccccc1. The number of hydrogen-bond donors (Lipinski definition) is 2. The monoisotopic (exact) mass is 319 g/mol. The zero-order valence-corrected chi connectivity index (χ0v) is 14.3. The van der Waals surface area contributed by atoms with Gasteiger partial charge < -0.3 is 15.4 Å². The maximum Gasteiger partial charge on any atom is 0.305 e. The molecule has 0 fully saturated rings. The number of rotatable bonds is 10. The van der Waals surface area contributed by atoms with Crippen molar-refractivity contribution in [1.82, 2.24) is 10.6 Å². The van der Waals surface area contributed by atoms with Crippen LogP contribution < -0.4 is 10.6 Å². The number of hydrogen-bond acceptors (Lipinski definition) is 3. The van der Waals surface area contributed by atoms with E-state index in [0.29, 0.717) is 13.0 Å². The number of carbonyl (C=O) groups is 1. The molecule has 0 aliphatic rings. The molecule has 1 aromatic rings. The van der Waals surface area contributed by atoms with Crippen molar-refractivity contribution in [3.8, 4) is 0 Å². The Hall–Kier alpha value is -2.04. The molecule has 0 aliphatic heterocycles. The van der Waals surface area contributed by atoms with E-state index in [9.17, 15) is 4.79 Å². The minimum absolute atomic E-state index is 0.0869. The first-order valence-corrected chi connectivity index (χ1v) is 8.40. The van der Waals surface area contributed by atoms with E-state index >= 15 is 0 Å². The number of nitrogens with zero attached hydrogens (tertiary/aromatic N) is 1. The van der Waals surface area contributed by atoms with Gasteiger partial charge in [0.25, 0.3) is 0 Å². The van der Waals surface area contributed by atoms with Crippen LogP contribution in [-0.2, 0) is 16.1 Å². The third-order valence-electron chi connectivity index (χ3n) is 3.43. The molecular formula is C18H29N3O2. The van der Waals surface area contributed by atoms with E-state index in [2.05, 4.69) is 27.8 Å². The van der Waals surface area contributed by atoms with Crippen LogP contribution >= 0.6 is 0 Å². The van der Waals surface area contributed by atoms with Gasteiger partial charge in [-0.1, -0.05) is 43.2 Å². The summed E-state index contributed by atoms with van der Waals surface area (Å²) in [5.74, 6) is 0.733. The summed E-state index contributed by atoms with van der Waals surface area (Å²) in [6, 6.07) is 10.2. The van der Waals surface area contributed by atoms with Crippen LogP contribution in [0.5, 0.6) is 0 Å². The molecule has 1 aromatic carbocycles. The first-order chi connectivity index (χ1) is 11.3. The number of esters is 1. The summed E-state index contributed by atoms with van der Waals surface area (Å²) in [5, 5.41) is 6.60. The van der Waals surface area contributed by atoms with Gasteiger partial charge in [-0.3, -0.25) is 9.79 Å². The molecule has 0 atom stereocenters. The average molecular weight is 319 g/mol. The van der Waals surface area contributed by atoms with Crippen molar-refractivity contribution in [2.75, 3.05) is 20.2 Å². The van der Waals surface area contributed by atoms with Crippen LogP contribution in [0.2, 0.25) is 0 Å². The maximum atomic E-state index is 11.2. The third kappa shape index (κ3) is 9.55. The second kappa shape index (κ2) is 12.5. The van der Waals surface area contributed by atoms with Crippen LogP contribution in [0.15, 0.2) is 35.3 Å². The zero-order chi connectivity index (χ0) is 16.8. The molecular weight excluding hydrogens is 290 g/mol. The van der Waals surface area contributed by atoms with Crippen molar-refractivity contribution in [2.24, 2.45) is 4.99 Å². The molecule has 0 spiro atoms. The molecule has 1 rings (SSSR count). The van der Waals surface area contributed by atoms with Gasteiger partial charge in [-0.2, -0.15) is 0 Å². The average Bonchev–Trinajstić information content (AvgIpc) is 2.58. The molecule has 5 heteroatoms. The number of nitrogens with one attached hydrogen (secondary N) is 2. The zero-order valence-electron chi connectivity index (χ0n) is 14.3. The number of unbranched alkanes of at least 4 members (excludes halogenated alkanes) is 3. The van der Waals surface area contributed by atoms with Crippen LogP contribution in [0.25, 0.3) is 0 Å². The molecule has 128 valence electrons. The Labute approximate surface area is 139 Å². The highest BCUT2D eigenvalue weighted by Gasteiger charge is 2.01. The number of guanidine groups is 1. The minimum atomic E-state index is -0.0869. The van der Waals surface area contributed by atoms with E-state index in [1.807, 2.05) is 25.1 Å². The van der Waals surface area contributed by atoms with E-state index in [1.165, 1.54) is 5.56 Å². The van der Waals surface area contributed by atoms with Crippen LogP contribution in [0.3, 0.4) is 0 Å². The molecule has 23 heavy (non-hydrogen) atoms. The largest absolute Gasteiger partial charge is 0.466 e. The number of carbonyl (C=O) groups excluding carboxylic acids is 1. The van der Waals surface area contributed by atoms with Gasteiger partial charge in [0, 0.05) is 26.6 Å². The van der Waals surface area contributed by atoms with Crippen molar-refractivity contribution in [3.63, 3.8) is 0 Å². The number of benzene rings is 1. The van der Waals surface area contributed by atoms with E-state index in [1.54, 1.807) is 7.05 Å². The number of aliphatic imine (C=N–C) groups is 1. The predicted octanol–water partition coefficient (Wildman–Crippen LogP) is 2.87. The van der Waals surface area contributed by atoms with E-state index in [4.69, 9.17) is 4.74 Å². The van der Waals surface area contributed by atoms with Gasteiger partial charge in [0.15, 0.2) is 5.96 Å². The van der Waals surface area contributed by atoms with Crippen LogP contribution in [-0.4, -0.2) is 32.1 Å². The quantitative estimate of drug-likeness (QED) is 0.301. The molecule has 0 amide bonds. The lowest BCUT2D eigenvalue weighted by atomic mass is 10.1. The molecule has 0 unspecified atom stereocenters. The lowest BCUT2D eigenvalue weighted by Gasteiger charge is -2.11. The van der Waals surface area contributed by atoms with Crippen LogP contribution in [0.1, 0.15) is 44.6 Å². The first kappa shape index (κ1) is 19.0. The Morgan fingerprint density at radius 3 is 2.52 bits per heavy atom. The molecule has 0 radical (unpaired) electrons. The summed E-state index contributed by atoms with van der Waals surface area (Å²) < 4.78 is 4.90. The van der Waals surface area contributed by atoms with E-state index in [0.717, 1.165) is 44.7 Å². The van der Waals surface area contributed by atoms with Gasteiger partial charge in [-0.25, -0.2) is 0 Å². The minimum Gasteiger partial charge on any atom is -0.466 e. The molecule has 2 N–H and O–H groups in total. The Morgan fingerprint density at radius 1 is 1.09 bits per heavy atom. The third-order valence-corrected chi connectivity index (χ3v) is 3.43. The Morgan fingerprint density at radius 2 is 1.83 bits per heavy atom. The highest BCUT2D eigenvalue weighted by molar-refractivity contribution is 5.79. The van der Waals surface area contributed by atoms with Gasteiger partial charge in [0.1, 0.15) is 0 Å². The summed E-state index contributed by atoms with van der Waals surface area (Å²) in [7, 11) is 1.78. The summed E-state index contributed by atoms with van der Waals surface area (Å²) in [6.45, 7) is 3.95. The van der Waals surface area contributed by atoms with Crippen molar-refractivity contribution in [2.45, 2.75) is 45.6 Å². The highest BCUT2D eigenvalue weighted by Crippen LogP contribution is 2.03. The van der Waals surface area contributed by atoms with Crippen molar-refractivity contribution < 1.29 is 9.53 Å². The molecule has 0 aliphatic carbocycles. The lowest BCUT2D eigenvalue weighted by molar-refractivity contribution is -0.143. The highest BCUT2D eigenvalue weighted by atomic mass is 16.5. The van der Waals surface area contributed by atoms with Crippen molar-refractivity contribution in [3.05, 3.63) is 35.9 Å². The van der Waals surface area contributed by atoms with Crippen molar-refractivity contribution >= 4 is 11.9 Å². The molecule has 0 saturated carbocycles. The maximum absolute atomic E-state index is 11.2. The second-order valence-corrected chi connectivity index (χ2v) is 5.31. The van der Waals surface area contributed by atoms with Gasteiger partial charge in [-0.15, -0.1) is 0 Å². The van der Waals surface area contributed by atoms with E-state index in [-0.39, 0.29) is 5.97 Å². The fourth-order valence-corrected chi connectivity index (χ4v) is 2.19. The molecule has 5 nitrogen and oxygen atoms in total. The van der Waals surface area contributed by atoms with Gasteiger partial charge in [-0.05, 0) is 25.3 Å². The van der Waals surface area contributed by atoms with Gasteiger partial charge in [0.05, 0.1) is 6.61 Å². The number of ether oxygens (including phenoxy) is 1. The normalized spacial score (nSPS) is 11.1. The molecule has 0 bridgehead atoms. The summed E-state index contributed by atoms with van der Waals surface area (Å²) in [4.78, 5) is 15.4. The summed E-state index contributed by atoms with van der Waals surface area (Å²) >= 11 is 0. The fraction of sp³-hybridized carbons (Fsp3) is 0.556.